The van der Waals surface area contributed by atoms with Crippen molar-refractivity contribution in [3.8, 4) is 0 Å². The minimum atomic E-state index is -0.244. The number of hydrogen-bond acceptors (Lipinski definition) is 4. The number of nitrogens with one attached hydrogen (secondary N) is 2. The summed E-state index contributed by atoms with van der Waals surface area (Å²) >= 11 is 6.88. The number of thiocarbonyl (C=S) groups is 1. The van der Waals surface area contributed by atoms with E-state index in [0.717, 1.165) is 36.4 Å². The third-order valence-electron chi connectivity index (χ3n) is 3.56. The van der Waals surface area contributed by atoms with Gasteiger partial charge in [-0.2, -0.15) is 0 Å². The lowest BCUT2D eigenvalue weighted by atomic mass is 9.88. The molecule has 0 radical (unpaired) electrons. The topological polar surface area (TPSA) is 50.4 Å². The lowest BCUT2D eigenvalue weighted by Crippen LogP contribution is -2.28. The van der Waals surface area contributed by atoms with Crippen molar-refractivity contribution in [2.45, 2.75) is 40.0 Å². The number of rotatable bonds is 4. The van der Waals surface area contributed by atoms with Crippen LogP contribution in [0.5, 0.6) is 0 Å². The van der Waals surface area contributed by atoms with Crippen molar-refractivity contribution in [2.24, 2.45) is 5.92 Å². The van der Waals surface area contributed by atoms with Crippen LogP contribution >= 0.6 is 23.6 Å². The number of anilines is 1. The van der Waals surface area contributed by atoms with Crippen LogP contribution in [0.15, 0.2) is 0 Å². The average Bonchev–Trinajstić information content (AvgIpc) is 2.75. The van der Waals surface area contributed by atoms with Crippen molar-refractivity contribution in [1.82, 2.24) is 5.32 Å². The molecule has 1 atom stereocenters. The summed E-state index contributed by atoms with van der Waals surface area (Å²) in [7, 11) is 0. The Kier molecular flexibility index (Phi) is 5.58. The Labute approximate surface area is 135 Å². The molecule has 2 N–H and O–H groups in total. The van der Waals surface area contributed by atoms with E-state index < -0.39 is 0 Å². The van der Waals surface area contributed by atoms with E-state index in [-0.39, 0.29) is 5.97 Å². The number of carbonyl (C=O) groups excluding carboxylic acids is 1. The minimum Gasteiger partial charge on any atom is -0.462 e. The highest BCUT2D eigenvalue weighted by molar-refractivity contribution is 7.80. The van der Waals surface area contributed by atoms with Crippen LogP contribution in [0, 0.1) is 5.92 Å². The third-order valence-corrected chi connectivity index (χ3v) is 4.97. The Bertz CT molecular complexity index is 540. The normalized spacial score (nSPS) is 17.0. The van der Waals surface area contributed by atoms with Gasteiger partial charge in [0, 0.05) is 11.4 Å². The third kappa shape index (κ3) is 3.74. The van der Waals surface area contributed by atoms with Crippen LogP contribution in [0.1, 0.15) is 48.0 Å². The van der Waals surface area contributed by atoms with Gasteiger partial charge in [0.1, 0.15) is 5.00 Å². The number of fused-ring (bicyclic) bond motifs is 1. The summed E-state index contributed by atoms with van der Waals surface area (Å²) in [6.45, 7) is 7.21. The van der Waals surface area contributed by atoms with Gasteiger partial charge in [-0.15, -0.1) is 11.3 Å². The molecular weight excluding hydrogens is 304 g/mol. The summed E-state index contributed by atoms with van der Waals surface area (Å²) in [5.74, 6) is 0.422. The molecule has 1 aliphatic carbocycles. The summed E-state index contributed by atoms with van der Waals surface area (Å²) in [4.78, 5) is 13.6. The van der Waals surface area contributed by atoms with Crippen molar-refractivity contribution < 1.29 is 9.53 Å². The van der Waals surface area contributed by atoms with Crippen LogP contribution in [-0.4, -0.2) is 24.2 Å². The Morgan fingerprint density at radius 2 is 2.24 bits per heavy atom. The van der Waals surface area contributed by atoms with Crippen molar-refractivity contribution in [3.05, 3.63) is 16.0 Å². The number of ether oxygens (including phenoxy) is 1. The summed E-state index contributed by atoms with van der Waals surface area (Å²) in [5.41, 5.74) is 1.84. The molecule has 0 spiro atoms. The minimum absolute atomic E-state index is 0.244. The standard InChI is InChI=1S/C15H22N2O2S2/c1-4-16-15(20)17-13-12(14(18)19-5-2)10-7-6-9(3)8-11(10)21-13/h9H,4-8H2,1-3H3,(H2,16,17,20). The molecule has 1 unspecified atom stereocenters. The van der Waals surface area contributed by atoms with Gasteiger partial charge in [0.05, 0.1) is 12.2 Å². The molecule has 0 bridgehead atoms. The van der Waals surface area contributed by atoms with Gasteiger partial charge >= 0.3 is 5.97 Å². The second-order valence-corrected chi connectivity index (χ2v) is 6.77. The van der Waals surface area contributed by atoms with Crippen LogP contribution in [0.4, 0.5) is 5.00 Å². The van der Waals surface area contributed by atoms with Gasteiger partial charge < -0.3 is 15.4 Å². The SMILES string of the molecule is CCNC(=S)Nc1sc2c(c1C(=O)OCC)CCC(C)C2. The van der Waals surface area contributed by atoms with Crippen LogP contribution in [0.2, 0.25) is 0 Å². The molecule has 1 aromatic rings. The molecule has 0 saturated carbocycles. The first-order chi connectivity index (χ1) is 10.1. The number of hydrogen-bond donors (Lipinski definition) is 2. The van der Waals surface area contributed by atoms with Crippen molar-refractivity contribution >= 4 is 39.6 Å². The first-order valence-corrected chi connectivity index (χ1v) is 8.65. The van der Waals surface area contributed by atoms with E-state index in [4.69, 9.17) is 17.0 Å². The Morgan fingerprint density at radius 3 is 2.90 bits per heavy atom. The predicted octanol–water partition coefficient (Wildman–Crippen LogP) is 3.36. The van der Waals surface area contributed by atoms with Gasteiger partial charge in [-0.3, -0.25) is 0 Å². The lowest BCUT2D eigenvalue weighted by molar-refractivity contribution is 0.0526. The van der Waals surface area contributed by atoms with E-state index >= 15 is 0 Å². The molecule has 1 aliphatic rings. The van der Waals surface area contributed by atoms with E-state index in [1.54, 1.807) is 11.3 Å². The fraction of sp³-hybridized carbons (Fsp3) is 0.600. The molecule has 0 saturated heterocycles. The summed E-state index contributed by atoms with van der Waals surface area (Å²) in [5, 5.41) is 7.59. The van der Waals surface area contributed by atoms with Gasteiger partial charge in [0.2, 0.25) is 0 Å². The van der Waals surface area contributed by atoms with E-state index in [1.165, 1.54) is 4.88 Å². The Hall–Kier alpha value is -1.14. The highest BCUT2D eigenvalue weighted by atomic mass is 32.1. The molecule has 21 heavy (non-hydrogen) atoms. The summed E-state index contributed by atoms with van der Waals surface area (Å²) in [6.07, 6.45) is 3.09. The monoisotopic (exact) mass is 326 g/mol. The number of carbonyl (C=O) groups is 1. The molecule has 2 rings (SSSR count). The molecule has 4 nitrogen and oxygen atoms in total. The zero-order valence-electron chi connectivity index (χ0n) is 12.7. The van der Waals surface area contributed by atoms with Gasteiger partial charge in [0.15, 0.2) is 5.11 Å². The molecule has 1 aromatic heterocycles. The second-order valence-electron chi connectivity index (χ2n) is 5.26. The van der Waals surface area contributed by atoms with Crippen molar-refractivity contribution in [1.29, 1.82) is 0 Å². The second kappa shape index (κ2) is 7.22. The number of thiophene rings is 1. The van der Waals surface area contributed by atoms with E-state index in [1.807, 2.05) is 13.8 Å². The molecule has 116 valence electrons. The Morgan fingerprint density at radius 1 is 1.48 bits per heavy atom. The molecule has 1 heterocycles. The molecule has 0 amide bonds. The first-order valence-electron chi connectivity index (χ1n) is 7.43. The zero-order chi connectivity index (χ0) is 15.4. The number of esters is 1. The van der Waals surface area contributed by atoms with E-state index in [2.05, 4.69) is 17.6 Å². The van der Waals surface area contributed by atoms with E-state index in [0.29, 0.717) is 23.2 Å². The molecular formula is C15H22N2O2S2. The van der Waals surface area contributed by atoms with Gasteiger partial charge in [-0.25, -0.2) is 4.79 Å². The maximum Gasteiger partial charge on any atom is 0.341 e. The van der Waals surface area contributed by atoms with Gasteiger partial charge in [-0.05, 0) is 56.8 Å². The maximum atomic E-state index is 12.3. The van der Waals surface area contributed by atoms with Gasteiger partial charge in [-0.1, -0.05) is 6.92 Å². The average molecular weight is 326 g/mol. The molecule has 0 fully saturated rings. The van der Waals surface area contributed by atoms with Crippen LogP contribution in [0.3, 0.4) is 0 Å². The van der Waals surface area contributed by atoms with Gasteiger partial charge in [0.25, 0.3) is 0 Å². The smallest absolute Gasteiger partial charge is 0.341 e. The lowest BCUT2D eigenvalue weighted by Gasteiger charge is -2.18. The molecule has 0 aliphatic heterocycles. The fourth-order valence-corrected chi connectivity index (χ4v) is 4.28. The van der Waals surface area contributed by atoms with Crippen LogP contribution < -0.4 is 10.6 Å². The highest BCUT2D eigenvalue weighted by Crippen LogP contribution is 2.40. The quantitative estimate of drug-likeness (QED) is 0.656. The Balaban J connectivity index is 2.33. The summed E-state index contributed by atoms with van der Waals surface area (Å²) < 4.78 is 5.23. The first kappa shape index (κ1) is 16.2. The zero-order valence-corrected chi connectivity index (χ0v) is 14.4. The summed E-state index contributed by atoms with van der Waals surface area (Å²) in [6, 6.07) is 0. The largest absolute Gasteiger partial charge is 0.462 e. The fourth-order valence-electron chi connectivity index (χ4n) is 2.57. The maximum absolute atomic E-state index is 12.3. The predicted molar refractivity (Wildman–Crippen MR) is 91.4 cm³/mol. The van der Waals surface area contributed by atoms with Crippen LogP contribution in [0.25, 0.3) is 0 Å². The highest BCUT2D eigenvalue weighted by Gasteiger charge is 2.28. The van der Waals surface area contributed by atoms with E-state index in [9.17, 15) is 4.79 Å². The van der Waals surface area contributed by atoms with Crippen molar-refractivity contribution in [3.63, 3.8) is 0 Å². The molecule has 6 heteroatoms. The molecule has 0 aromatic carbocycles. The van der Waals surface area contributed by atoms with Crippen molar-refractivity contribution in [2.75, 3.05) is 18.5 Å². The van der Waals surface area contributed by atoms with Crippen LogP contribution in [-0.2, 0) is 17.6 Å².